The maximum absolute atomic E-state index is 11.8. The van der Waals surface area contributed by atoms with Crippen molar-refractivity contribution < 1.29 is 14.3 Å². The molecule has 0 aromatic carbocycles. The van der Waals surface area contributed by atoms with Crippen molar-refractivity contribution in [2.24, 2.45) is 0 Å². The van der Waals surface area contributed by atoms with E-state index in [-0.39, 0.29) is 18.6 Å². The van der Waals surface area contributed by atoms with Gasteiger partial charge in [-0.25, -0.2) is 0 Å². The molecule has 1 unspecified atom stereocenters. The average molecular weight is 290 g/mol. The highest BCUT2D eigenvalue weighted by Crippen LogP contribution is 2.19. The quantitative estimate of drug-likeness (QED) is 0.874. The van der Waals surface area contributed by atoms with Gasteiger partial charge in [-0.15, -0.1) is 0 Å². The lowest BCUT2D eigenvalue weighted by Gasteiger charge is -2.12. The van der Waals surface area contributed by atoms with Gasteiger partial charge in [0.2, 0.25) is 0 Å². The average Bonchev–Trinajstić information content (AvgIpc) is 2.54. The second-order valence-corrected chi connectivity index (χ2v) is 4.58. The Bertz CT molecular complexity index is 362. The first-order valence-corrected chi connectivity index (χ1v) is 6.01. The summed E-state index contributed by atoms with van der Waals surface area (Å²) in [6.07, 6.45) is 1.44. The number of aliphatic hydroxyl groups is 1. The first-order chi connectivity index (χ1) is 7.54. The van der Waals surface area contributed by atoms with E-state index in [0.29, 0.717) is 16.9 Å². The maximum atomic E-state index is 11.8. The molecule has 1 heterocycles. The lowest BCUT2D eigenvalue weighted by Crippen LogP contribution is -2.32. The molecule has 0 fully saturated rings. The van der Waals surface area contributed by atoms with Crippen LogP contribution in [0.2, 0.25) is 0 Å². The topological polar surface area (TPSA) is 62.5 Å². The van der Waals surface area contributed by atoms with Crippen LogP contribution in [0.3, 0.4) is 0 Å². The first-order valence-electron chi connectivity index (χ1n) is 5.22. The predicted molar refractivity (Wildman–Crippen MR) is 64.4 cm³/mol. The van der Waals surface area contributed by atoms with Gasteiger partial charge in [0.25, 0.3) is 5.91 Å². The molecule has 4 nitrogen and oxygen atoms in total. The van der Waals surface area contributed by atoms with E-state index in [2.05, 4.69) is 21.2 Å². The highest BCUT2D eigenvalue weighted by atomic mass is 79.9. The van der Waals surface area contributed by atoms with Crippen molar-refractivity contribution in [2.75, 3.05) is 6.61 Å². The largest absolute Gasteiger partial charge is 0.444 e. The van der Waals surface area contributed by atoms with E-state index in [1.807, 2.05) is 13.8 Å². The molecule has 0 aliphatic rings. The van der Waals surface area contributed by atoms with Gasteiger partial charge in [-0.1, -0.05) is 0 Å². The third kappa shape index (κ3) is 3.64. The smallest absolute Gasteiger partial charge is 0.287 e. The van der Waals surface area contributed by atoms with Crippen molar-refractivity contribution in [2.45, 2.75) is 32.7 Å². The summed E-state index contributed by atoms with van der Waals surface area (Å²) in [5.41, 5.74) is 0.804. The Morgan fingerprint density at radius 1 is 1.69 bits per heavy atom. The minimum absolute atomic E-state index is 0.0305. The van der Waals surface area contributed by atoms with Crippen LogP contribution in [0, 0.1) is 6.92 Å². The molecule has 0 radical (unpaired) electrons. The molecule has 1 amide bonds. The Balaban J connectivity index is 2.55. The van der Waals surface area contributed by atoms with E-state index >= 15 is 0 Å². The number of rotatable bonds is 5. The van der Waals surface area contributed by atoms with Gasteiger partial charge in [-0.05, 0) is 48.7 Å². The number of hydrogen-bond acceptors (Lipinski definition) is 3. The van der Waals surface area contributed by atoms with Crippen molar-refractivity contribution in [3.63, 3.8) is 0 Å². The minimum atomic E-state index is -0.214. The van der Waals surface area contributed by atoms with Crippen LogP contribution in [0.15, 0.2) is 15.2 Å². The maximum Gasteiger partial charge on any atom is 0.287 e. The molecule has 0 aliphatic carbocycles. The summed E-state index contributed by atoms with van der Waals surface area (Å²) in [4.78, 5) is 11.8. The summed E-state index contributed by atoms with van der Waals surface area (Å²) in [6, 6.07) is 1.79. The summed E-state index contributed by atoms with van der Waals surface area (Å²) in [6.45, 7) is 3.87. The third-order valence-corrected chi connectivity index (χ3v) is 2.66. The Labute approximate surface area is 103 Å². The number of carbonyl (C=O) groups excluding carboxylic acids is 1. The predicted octanol–water partition coefficient (Wildman–Crippen LogP) is 2.24. The van der Waals surface area contributed by atoms with Crippen LogP contribution in [-0.4, -0.2) is 23.7 Å². The zero-order valence-electron chi connectivity index (χ0n) is 9.42. The fourth-order valence-corrected chi connectivity index (χ4v) is 1.93. The van der Waals surface area contributed by atoms with Crippen molar-refractivity contribution in [1.29, 1.82) is 0 Å². The van der Waals surface area contributed by atoms with Crippen LogP contribution < -0.4 is 5.32 Å². The van der Waals surface area contributed by atoms with Gasteiger partial charge in [0.1, 0.15) is 0 Å². The fourth-order valence-electron chi connectivity index (χ4n) is 1.43. The van der Waals surface area contributed by atoms with Crippen LogP contribution >= 0.6 is 15.9 Å². The fraction of sp³-hybridized carbons (Fsp3) is 0.545. The van der Waals surface area contributed by atoms with Gasteiger partial charge in [0, 0.05) is 18.2 Å². The first kappa shape index (κ1) is 13.3. The van der Waals surface area contributed by atoms with Crippen LogP contribution in [0.4, 0.5) is 0 Å². The van der Waals surface area contributed by atoms with E-state index in [1.54, 1.807) is 6.07 Å². The number of carbonyl (C=O) groups is 1. The van der Waals surface area contributed by atoms with Gasteiger partial charge < -0.3 is 14.8 Å². The molecule has 5 heteroatoms. The molecule has 90 valence electrons. The van der Waals surface area contributed by atoms with Crippen LogP contribution in [0.1, 0.15) is 35.9 Å². The second kappa shape index (κ2) is 6.06. The number of amides is 1. The van der Waals surface area contributed by atoms with Crippen LogP contribution in [0.5, 0.6) is 0 Å². The monoisotopic (exact) mass is 289 g/mol. The summed E-state index contributed by atoms with van der Waals surface area (Å²) < 4.78 is 5.79. The minimum Gasteiger partial charge on any atom is -0.444 e. The molecule has 0 saturated carbocycles. The molecular weight excluding hydrogens is 274 g/mol. The van der Waals surface area contributed by atoms with Gasteiger partial charge in [-0.3, -0.25) is 4.79 Å². The zero-order valence-corrected chi connectivity index (χ0v) is 11.0. The Morgan fingerprint density at radius 2 is 2.38 bits per heavy atom. The molecule has 1 aromatic rings. The van der Waals surface area contributed by atoms with E-state index < -0.39 is 0 Å². The normalized spacial score (nSPS) is 12.5. The number of furan rings is 1. The number of halogens is 1. The van der Waals surface area contributed by atoms with E-state index in [1.165, 1.54) is 0 Å². The molecule has 16 heavy (non-hydrogen) atoms. The lowest BCUT2D eigenvalue weighted by molar-refractivity contribution is 0.0906. The molecule has 1 atom stereocenters. The van der Waals surface area contributed by atoms with Crippen molar-refractivity contribution in [3.8, 4) is 0 Å². The van der Waals surface area contributed by atoms with Gasteiger partial charge in [0.15, 0.2) is 10.4 Å². The zero-order chi connectivity index (χ0) is 12.1. The Morgan fingerprint density at radius 3 is 2.88 bits per heavy atom. The number of nitrogens with one attached hydrogen (secondary N) is 1. The number of aryl methyl sites for hydroxylation is 1. The van der Waals surface area contributed by atoms with Crippen LogP contribution in [0.25, 0.3) is 0 Å². The number of hydrogen-bond donors (Lipinski definition) is 2. The lowest BCUT2D eigenvalue weighted by atomic mass is 10.2. The molecule has 0 bridgehead atoms. The van der Waals surface area contributed by atoms with E-state index in [0.717, 1.165) is 12.0 Å². The molecule has 1 rings (SSSR count). The highest BCUT2D eigenvalue weighted by molar-refractivity contribution is 9.10. The Kier molecular flexibility index (Phi) is 5.02. The van der Waals surface area contributed by atoms with Crippen molar-refractivity contribution >= 4 is 21.8 Å². The SMILES string of the molecule is Cc1cc(Br)oc1C(=O)NC(C)CCCO. The molecule has 0 spiro atoms. The molecule has 2 N–H and O–H groups in total. The molecule has 0 aliphatic heterocycles. The molecule has 1 aromatic heterocycles. The van der Waals surface area contributed by atoms with Gasteiger partial charge in [0.05, 0.1) is 0 Å². The summed E-state index contributed by atoms with van der Waals surface area (Å²) in [7, 11) is 0. The summed E-state index contributed by atoms with van der Waals surface area (Å²) >= 11 is 3.18. The van der Waals surface area contributed by atoms with E-state index in [4.69, 9.17) is 9.52 Å². The van der Waals surface area contributed by atoms with Crippen LogP contribution in [-0.2, 0) is 0 Å². The van der Waals surface area contributed by atoms with Crippen molar-refractivity contribution in [3.05, 3.63) is 22.1 Å². The second-order valence-electron chi connectivity index (χ2n) is 3.80. The van der Waals surface area contributed by atoms with Gasteiger partial charge in [-0.2, -0.15) is 0 Å². The summed E-state index contributed by atoms with van der Waals surface area (Å²) in [5.74, 6) is 0.122. The molecular formula is C11H16BrNO3. The van der Waals surface area contributed by atoms with Gasteiger partial charge >= 0.3 is 0 Å². The molecule has 0 saturated heterocycles. The third-order valence-electron chi connectivity index (χ3n) is 2.27. The standard InChI is InChI=1S/C11H16BrNO3/c1-7-6-9(12)16-10(7)11(15)13-8(2)4-3-5-14/h6,8,14H,3-5H2,1-2H3,(H,13,15). The Hall–Kier alpha value is -0.810. The summed E-state index contributed by atoms with van der Waals surface area (Å²) in [5, 5.41) is 11.5. The highest BCUT2D eigenvalue weighted by Gasteiger charge is 2.16. The van der Waals surface area contributed by atoms with E-state index in [9.17, 15) is 4.79 Å². The van der Waals surface area contributed by atoms with Crippen molar-refractivity contribution in [1.82, 2.24) is 5.32 Å². The number of aliphatic hydroxyl groups excluding tert-OH is 1.